The van der Waals surface area contributed by atoms with Crippen molar-refractivity contribution in [3.63, 3.8) is 0 Å². The number of benzene rings is 1. The van der Waals surface area contributed by atoms with Crippen LogP contribution in [-0.2, 0) is 14.8 Å². The lowest BCUT2D eigenvalue weighted by Gasteiger charge is -2.33. The standard InChI is InChI=1S/C25H32N4O3S/c1-33(30,31)28-23-12-14-29(20-15-24-22(27-16-20)11-13-26-24)25(23)17-32-21-9-7-19(8-10-21)18-5-3-2-4-6-18/h2-6,11,13,15-16,19,21,23,25-26,28H,7-10,12,14,17H2,1H3/t19?,21?,23-,25-/m0/s1. The lowest BCUT2D eigenvalue weighted by atomic mass is 9.83. The van der Waals surface area contributed by atoms with Crippen LogP contribution >= 0.6 is 0 Å². The highest BCUT2D eigenvalue weighted by Gasteiger charge is 2.37. The Morgan fingerprint density at radius 1 is 1.12 bits per heavy atom. The van der Waals surface area contributed by atoms with Gasteiger partial charge in [0.1, 0.15) is 0 Å². The van der Waals surface area contributed by atoms with Crippen LogP contribution in [0.3, 0.4) is 0 Å². The Kier molecular flexibility index (Phi) is 6.40. The van der Waals surface area contributed by atoms with E-state index in [1.807, 2.05) is 18.5 Å². The summed E-state index contributed by atoms with van der Waals surface area (Å²) in [7, 11) is -3.31. The molecule has 1 aliphatic heterocycles. The third-order valence-corrected chi connectivity index (χ3v) is 7.81. The van der Waals surface area contributed by atoms with Gasteiger partial charge in [0.15, 0.2) is 0 Å². The molecule has 1 aliphatic carbocycles. The van der Waals surface area contributed by atoms with Crippen molar-refractivity contribution in [3.05, 3.63) is 60.4 Å². The topological polar surface area (TPSA) is 87.3 Å². The van der Waals surface area contributed by atoms with E-state index in [1.165, 1.54) is 11.8 Å². The fourth-order valence-electron chi connectivity index (χ4n) is 5.40. The third-order valence-electron chi connectivity index (χ3n) is 7.07. The molecule has 2 N–H and O–H groups in total. The van der Waals surface area contributed by atoms with Crippen molar-refractivity contribution in [3.8, 4) is 0 Å². The molecule has 1 aromatic carbocycles. The molecule has 1 saturated heterocycles. The van der Waals surface area contributed by atoms with Crippen molar-refractivity contribution in [2.24, 2.45) is 0 Å². The first-order chi connectivity index (χ1) is 16.0. The first kappa shape index (κ1) is 22.4. The van der Waals surface area contributed by atoms with Gasteiger partial charge in [-0.3, -0.25) is 4.98 Å². The lowest BCUT2D eigenvalue weighted by molar-refractivity contribution is 0.0157. The van der Waals surface area contributed by atoms with E-state index in [0.29, 0.717) is 12.5 Å². The molecule has 2 fully saturated rings. The maximum absolute atomic E-state index is 12.0. The molecule has 5 rings (SSSR count). The molecule has 7 nitrogen and oxygen atoms in total. The number of nitrogens with zero attached hydrogens (tertiary/aromatic N) is 2. The van der Waals surface area contributed by atoms with Gasteiger partial charge in [0, 0.05) is 18.8 Å². The molecule has 8 heteroatoms. The van der Waals surface area contributed by atoms with E-state index in [-0.39, 0.29) is 18.2 Å². The fourth-order valence-corrected chi connectivity index (χ4v) is 6.22. The van der Waals surface area contributed by atoms with Gasteiger partial charge in [-0.2, -0.15) is 0 Å². The van der Waals surface area contributed by atoms with Crippen LogP contribution < -0.4 is 9.62 Å². The number of H-pyrrole nitrogens is 1. The molecule has 2 aliphatic rings. The van der Waals surface area contributed by atoms with E-state index in [2.05, 4.69) is 56.0 Å². The van der Waals surface area contributed by atoms with Gasteiger partial charge in [-0.05, 0) is 55.7 Å². The lowest BCUT2D eigenvalue weighted by Crippen LogP contribution is -2.48. The van der Waals surface area contributed by atoms with Gasteiger partial charge < -0.3 is 14.6 Å². The number of ether oxygens (including phenoxy) is 1. The molecule has 176 valence electrons. The summed E-state index contributed by atoms with van der Waals surface area (Å²) in [5, 5.41) is 0. The van der Waals surface area contributed by atoms with Crippen molar-refractivity contribution in [2.75, 3.05) is 24.3 Å². The van der Waals surface area contributed by atoms with Crippen molar-refractivity contribution in [1.29, 1.82) is 0 Å². The summed E-state index contributed by atoms with van der Waals surface area (Å²) in [6, 6.07) is 14.5. The minimum absolute atomic E-state index is 0.0687. The molecule has 2 atom stereocenters. The van der Waals surface area contributed by atoms with Crippen LogP contribution in [0.15, 0.2) is 54.9 Å². The summed E-state index contributed by atoms with van der Waals surface area (Å²) in [5.41, 5.74) is 4.31. The highest BCUT2D eigenvalue weighted by atomic mass is 32.2. The van der Waals surface area contributed by atoms with Gasteiger partial charge in [-0.15, -0.1) is 0 Å². The molecule has 0 radical (unpaired) electrons. The number of hydrogen-bond donors (Lipinski definition) is 2. The number of fused-ring (bicyclic) bond motifs is 1. The molecular formula is C25H32N4O3S. The smallest absolute Gasteiger partial charge is 0.209 e. The molecule has 0 unspecified atom stereocenters. The quantitative estimate of drug-likeness (QED) is 0.551. The Labute approximate surface area is 195 Å². The van der Waals surface area contributed by atoms with Crippen molar-refractivity contribution < 1.29 is 13.2 Å². The number of rotatable bonds is 7. The van der Waals surface area contributed by atoms with E-state index < -0.39 is 10.0 Å². The van der Waals surface area contributed by atoms with Crippen LogP contribution in [0.2, 0.25) is 0 Å². The zero-order chi connectivity index (χ0) is 22.8. The molecule has 33 heavy (non-hydrogen) atoms. The predicted molar refractivity (Wildman–Crippen MR) is 131 cm³/mol. The number of pyridine rings is 1. The normalized spacial score (nSPS) is 26.2. The van der Waals surface area contributed by atoms with Gasteiger partial charge >= 0.3 is 0 Å². The molecular weight excluding hydrogens is 436 g/mol. The molecule has 0 bridgehead atoms. The molecule has 1 saturated carbocycles. The van der Waals surface area contributed by atoms with Gasteiger partial charge in [0.05, 0.1) is 47.9 Å². The average molecular weight is 469 g/mol. The van der Waals surface area contributed by atoms with Crippen molar-refractivity contribution in [2.45, 2.75) is 56.2 Å². The maximum Gasteiger partial charge on any atom is 0.209 e. The largest absolute Gasteiger partial charge is 0.376 e. The van der Waals surface area contributed by atoms with Gasteiger partial charge in [-0.25, -0.2) is 13.1 Å². The van der Waals surface area contributed by atoms with Crippen molar-refractivity contribution >= 4 is 26.7 Å². The minimum atomic E-state index is -3.31. The Bertz CT molecular complexity index is 1170. The zero-order valence-corrected chi connectivity index (χ0v) is 19.8. The van der Waals surface area contributed by atoms with E-state index in [4.69, 9.17) is 4.74 Å². The number of hydrogen-bond acceptors (Lipinski definition) is 5. The molecule has 3 heterocycles. The minimum Gasteiger partial charge on any atom is -0.376 e. The monoisotopic (exact) mass is 468 g/mol. The molecule has 0 spiro atoms. The summed E-state index contributed by atoms with van der Waals surface area (Å²) in [6.45, 7) is 1.26. The first-order valence-corrected chi connectivity index (χ1v) is 13.7. The maximum atomic E-state index is 12.0. The van der Waals surface area contributed by atoms with Gasteiger partial charge in [0.25, 0.3) is 0 Å². The number of nitrogens with one attached hydrogen (secondary N) is 2. The van der Waals surface area contributed by atoms with E-state index in [1.54, 1.807) is 0 Å². The Morgan fingerprint density at radius 3 is 2.67 bits per heavy atom. The van der Waals surface area contributed by atoms with Crippen LogP contribution in [0.1, 0.15) is 43.6 Å². The Morgan fingerprint density at radius 2 is 1.91 bits per heavy atom. The second-order valence-electron chi connectivity index (χ2n) is 9.37. The SMILES string of the molecule is CS(=O)(=O)N[C@H]1CCN(c2cnc3cc[nH]c3c2)[C@H]1COC1CCC(c2ccccc2)CC1. The Hall–Kier alpha value is -2.42. The fraction of sp³-hybridized carbons (Fsp3) is 0.480. The second kappa shape index (κ2) is 9.44. The predicted octanol–water partition coefficient (Wildman–Crippen LogP) is 3.80. The van der Waals surface area contributed by atoms with Crippen LogP contribution in [0, 0.1) is 0 Å². The second-order valence-corrected chi connectivity index (χ2v) is 11.1. The van der Waals surface area contributed by atoms with Crippen LogP contribution in [-0.4, -0.2) is 56.0 Å². The van der Waals surface area contributed by atoms with Crippen LogP contribution in [0.5, 0.6) is 0 Å². The highest BCUT2D eigenvalue weighted by Crippen LogP contribution is 2.35. The number of anilines is 1. The van der Waals surface area contributed by atoms with Crippen LogP contribution in [0.25, 0.3) is 11.0 Å². The van der Waals surface area contributed by atoms with E-state index >= 15 is 0 Å². The van der Waals surface area contributed by atoms with Crippen molar-refractivity contribution in [1.82, 2.24) is 14.7 Å². The summed E-state index contributed by atoms with van der Waals surface area (Å²) in [4.78, 5) is 10.0. The van der Waals surface area contributed by atoms with Gasteiger partial charge in [0.2, 0.25) is 10.0 Å². The third kappa shape index (κ3) is 5.23. The summed E-state index contributed by atoms with van der Waals surface area (Å²) < 4.78 is 33.3. The summed E-state index contributed by atoms with van der Waals surface area (Å²) >= 11 is 0. The average Bonchev–Trinajstić information content (AvgIpc) is 3.44. The molecule has 0 amide bonds. The molecule has 2 aromatic heterocycles. The first-order valence-electron chi connectivity index (χ1n) is 11.8. The number of aromatic amines is 1. The summed E-state index contributed by atoms with van der Waals surface area (Å²) in [5.74, 6) is 0.604. The number of aromatic nitrogens is 2. The van der Waals surface area contributed by atoms with Gasteiger partial charge in [-0.1, -0.05) is 30.3 Å². The number of sulfonamides is 1. The Balaban J connectivity index is 1.26. The highest BCUT2D eigenvalue weighted by molar-refractivity contribution is 7.88. The van der Waals surface area contributed by atoms with E-state index in [9.17, 15) is 8.42 Å². The van der Waals surface area contributed by atoms with Crippen LogP contribution in [0.4, 0.5) is 5.69 Å². The zero-order valence-electron chi connectivity index (χ0n) is 19.0. The van der Waals surface area contributed by atoms with E-state index in [0.717, 1.165) is 55.4 Å². The summed E-state index contributed by atoms with van der Waals surface area (Å²) in [6.07, 6.45) is 10.3. The molecule has 3 aromatic rings.